The topological polar surface area (TPSA) is 26.0 Å². The quantitative estimate of drug-likeness (QED) is 0.857. The predicted octanol–water partition coefficient (Wildman–Crippen LogP) is 4.42. The van der Waals surface area contributed by atoms with Crippen molar-refractivity contribution in [1.82, 2.24) is 0 Å². The van der Waals surface area contributed by atoms with Gasteiger partial charge in [0.05, 0.1) is 0 Å². The van der Waals surface area contributed by atoms with Gasteiger partial charge in [-0.05, 0) is 60.5 Å². The van der Waals surface area contributed by atoms with Crippen LogP contribution in [0.3, 0.4) is 0 Å². The van der Waals surface area contributed by atoms with Gasteiger partial charge < -0.3 is 5.73 Å². The van der Waals surface area contributed by atoms with E-state index in [1.165, 1.54) is 27.8 Å². The zero-order valence-corrected chi connectivity index (χ0v) is 12.1. The average Bonchev–Trinajstić information content (AvgIpc) is 2.42. The van der Waals surface area contributed by atoms with Gasteiger partial charge in [0.25, 0.3) is 0 Å². The molecule has 0 aliphatic carbocycles. The molecule has 1 heteroatoms. The van der Waals surface area contributed by atoms with E-state index in [4.69, 9.17) is 5.73 Å². The lowest BCUT2D eigenvalue weighted by molar-refractivity contribution is 0.690. The number of hydrogen-bond acceptors (Lipinski definition) is 1. The fourth-order valence-corrected chi connectivity index (χ4v) is 2.34. The van der Waals surface area contributed by atoms with Crippen LogP contribution in [0.15, 0.2) is 42.5 Å². The highest BCUT2D eigenvalue weighted by Crippen LogP contribution is 2.25. The van der Waals surface area contributed by atoms with Gasteiger partial charge in [-0.1, -0.05) is 49.4 Å². The van der Waals surface area contributed by atoms with Crippen LogP contribution in [0.2, 0.25) is 0 Å². The molecule has 0 aliphatic rings. The van der Waals surface area contributed by atoms with E-state index < -0.39 is 0 Å². The smallest absolute Gasteiger partial charge is 0.00715 e. The van der Waals surface area contributed by atoms with Crippen LogP contribution in [0.5, 0.6) is 0 Å². The van der Waals surface area contributed by atoms with Crippen molar-refractivity contribution in [3.05, 3.63) is 59.2 Å². The molecule has 0 saturated heterocycles. The number of nitrogens with two attached hydrogens (primary N) is 1. The standard InChI is InChI=1S/C18H23N/c1-13-4-5-18(12-15(13)3)17-8-6-16(7-9-17)14(2)10-11-19/h4-9,12,14H,10-11,19H2,1-3H3. The second kappa shape index (κ2) is 6.03. The van der Waals surface area contributed by atoms with Crippen molar-refractivity contribution in [2.24, 2.45) is 5.73 Å². The van der Waals surface area contributed by atoms with E-state index >= 15 is 0 Å². The fourth-order valence-electron chi connectivity index (χ4n) is 2.34. The zero-order chi connectivity index (χ0) is 13.8. The van der Waals surface area contributed by atoms with Gasteiger partial charge in [0.2, 0.25) is 0 Å². The highest BCUT2D eigenvalue weighted by Gasteiger charge is 2.05. The lowest BCUT2D eigenvalue weighted by Crippen LogP contribution is -2.04. The molecule has 1 atom stereocenters. The van der Waals surface area contributed by atoms with Crippen molar-refractivity contribution in [3.63, 3.8) is 0 Å². The van der Waals surface area contributed by atoms with Crippen molar-refractivity contribution in [1.29, 1.82) is 0 Å². The molecule has 0 radical (unpaired) electrons. The minimum Gasteiger partial charge on any atom is -0.330 e. The molecule has 2 N–H and O–H groups in total. The Labute approximate surface area is 116 Å². The van der Waals surface area contributed by atoms with E-state index in [9.17, 15) is 0 Å². The lowest BCUT2D eigenvalue weighted by Gasteiger charge is -2.12. The lowest BCUT2D eigenvalue weighted by atomic mass is 9.94. The number of benzene rings is 2. The number of aryl methyl sites for hydroxylation is 2. The summed E-state index contributed by atoms with van der Waals surface area (Å²) in [4.78, 5) is 0. The minimum absolute atomic E-state index is 0.541. The molecule has 0 fully saturated rings. The van der Waals surface area contributed by atoms with Crippen LogP contribution in [-0.2, 0) is 0 Å². The van der Waals surface area contributed by atoms with Gasteiger partial charge in [0.15, 0.2) is 0 Å². The second-order valence-corrected chi connectivity index (χ2v) is 5.40. The fraction of sp³-hybridized carbons (Fsp3) is 0.333. The molecule has 2 aromatic rings. The third-order valence-corrected chi connectivity index (χ3v) is 3.92. The van der Waals surface area contributed by atoms with Crippen molar-refractivity contribution in [2.75, 3.05) is 6.54 Å². The first kappa shape index (κ1) is 13.8. The van der Waals surface area contributed by atoms with Gasteiger partial charge in [-0.15, -0.1) is 0 Å². The molecule has 100 valence electrons. The largest absolute Gasteiger partial charge is 0.330 e. The second-order valence-electron chi connectivity index (χ2n) is 5.40. The molecule has 0 bridgehead atoms. The summed E-state index contributed by atoms with van der Waals surface area (Å²) < 4.78 is 0. The Kier molecular flexibility index (Phi) is 4.39. The average molecular weight is 253 g/mol. The Morgan fingerprint density at radius 1 is 0.895 bits per heavy atom. The van der Waals surface area contributed by atoms with Gasteiger partial charge in [-0.3, -0.25) is 0 Å². The van der Waals surface area contributed by atoms with E-state index in [1.54, 1.807) is 0 Å². The van der Waals surface area contributed by atoms with Gasteiger partial charge in [0.1, 0.15) is 0 Å². The maximum atomic E-state index is 5.62. The Morgan fingerprint density at radius 2 is 1.53 bits per heavy atom. The molecule has 2 rings (SSSR count). The first-order chi connectivity index (χ1) is 9.11. The SMILES string of the molecule is Cc1ccc(-c2ccc(C(C)CCN)cc2)cc1C. The molecule has 1 unspecified atom stereocenters. The zero-order valence-electron chi connectivity index (χ0n) is 12.1. The molecule has 2 aromatic carbocycles. The Hall–Kier alpha value is -1.60. The van der Waals surface area contributed by atoms with Gasteiger partial charge in [-0.25, -0.2) is 0 Å². The van der Waals surface area contributed by atoms with Crippen molar-refractivity contribution in [2.45, 2.75) is 33.1 Å². The molecule has 19 heavy (non-hydrogen) atoms. The third kappa shape index (κ3) is 3.24. The number of rotatable bonds is 4. The van der Waals surface area contributed by atoms with Crippen LogP contribution in [0.25, 0.3) is 11.1 Å². The van der Waals surface area contributed by atoms with Crippen LogP contribution in [-0.4, -0.2) is 6.54 Å². The van der Waals surface area contributed by atoms with E-state index in [2.05, 4.69) is 63.2 Å². The molecule has 0 aromatic heterocycles. The monoisotopic (exact) mass is 253 g/mol. The van der Waals surface area contributed by atoms with E-state index in [1.807, 2.05) is 0 Å². The molecule has 0 heterocycles. The Balaban J connectivity index is 2.24. The van der Waals surface area contributed by atoms with Crippen molar-refractivity contribution >= 4 is 0 Å². The van der Waals surface area contributed by atoms with Crippen molar-refractivity contribution in [3.8, 4) is 11.1 Å². The normalized spacial score (nSPS) is 12.4. The number of hydrogen-bond donors (Lipinski definition) is 1. The Morgan fingerprint density at radius 3 is 2.11 bits per heavy atom. The van der Waals surface area contributed by atoms with E-state index in [0.29, 0.717) is 5.92 Å². The molecule has 0 saturated carbocycles. The predicted molar refractivity (Wildman–Crippen MR) is 83.4 cm³/mol. The summed E-state index contributed by atoms with van der Waals surface area (Å²) in [7, 11) is 0. The van der Waals surface area contributed by atoms with Crippen LogP contribution >= 0.6 is 0 Å². The Bertz CT molecular complexity index is 540. The van der Waals surface area contributed by atoms with Gasteiger partial charge in [0, 0.05) is 0 Å². The summed E-state index contributed by atoms with van der Waals surface area (Å²) in [5, 5.41) is 0. The maximum absolute atomic E-state index is 5.62. The molecule has 1 nitrogen and oxygen atoms in total. The van der Waals surface area contributed by atoms with E-state index in [0.717, 1.165) is 13.0 Å². The summed E-state index contributed by atoms with van der Waals surface area (Å²) in [6.07, 6.45) is 1.04. The van der Waals surface area contributed by atoms with E-state index in [-0.39, 0.29) is 0 Å². The summed E-state index contributed by atoms with van der Waals surface area (Å²) in [6.45, 7) is 7.30. The molecule has 0 aliphatic heterocycles. The first-order valence-electron chi connectivity index (χ1n) is 6.99. The summed E-state index contributed by atoms with van der Waals surface area (Å²) in [5.41, 5.74) is 12.3. The van der Waals surface area contributed by atoms with Gasteiger partial charge >= 0.3 is 0 Å². The minimum atomic E-state index is 0.541. The highest BCUT2D eigenvalue weighted by atomic mass is 14.5. The molecule has 0 amide bonds. The molecular formula is C18H23N. The van der Waals surface area contributed by atoms with Gasteiger partial charge in [-0.2, -0.15) is 0 Å². The van der Waals surface area contributed by atoms with Crippen molar-refractivity contribution < 1.29 is 0 Å². The van der Waals surface area contributed by atoms with Crippen LogP contribution in [0, 0.1) is 13.8 Å². The van der Waals surface area contributed by atoms with Crippen LogP contribution in [0.1, 0.15) is 36.0 Å². The third-order valence-electron chi connectivity index (χ3n) is 3.92. The highest BCUT2D eigenvalue weighted by molar-refractivity contribution is 5.65. The summed E-state index contributed by atoms with van der Waals surface area (Å²) >= 11 is 0. The summed E-state index contributed by atoms with van der Waals surface area (Å²) in [6, 6.07) is 15.5. The van der Waals surface area contributed by atoms with Crippen LogP contribution in [0.4, 0.5) is 0 Å². The molecule has 0 spiro atoms. The first-order valence-corrected chi connectivity index (χ1v) is 6.99. The summed E-state index contributed by atoms with van der Waals surface area (Å²) in [5.74, 6) is 0.541. The maximum Gasteiger partial charge on any atom is -0.00715 e. The van der Waals surface area contributed by atoms with Crippen LogP contribution < -0.4 is 5.73 Å². The molecular weight excluding hydrogens is 230 g/mol.